The molecule has 1 aliphatic heterocycles. The number of nitrogens with one attached hydrogen (secondary N) is 2. The third kappa shape index (κ3) is 6.08. The van der Waals surface area contributed by atoms with Crippen LogP contribution in [0.15, 0.2) is 41.7 Å². The van der Waals surface area contributed by atoms with E-state index in [9.17, 15) is 0 Å². The average Bonchev–Trinajstić information content (AvgIpc) is 3.05. The third-order valence-corrected chi connectivity index (χ3v) is 3.91. The Balaban J connectivity index is 0.00000243. The summed E-state index contributed by atoms with van der Waals surface area (Å²) >= 11 is 0. The van der Waals surface area contributed by atoms with Crippen LogP contribution in [0.5, 0.6) is 11.5 Å². The van der Waals surface area contributed by atoms with Crippen LogP contribution in [-0.2, 0) is 13.1 Å². The molecule has 0 atom stereocenters. The maximum atomic E-state index is 5.73. The summed E-state index contributed by atoms with van der Waals surface area (Å²) < 4.78 is 13.3. The van der Waals surface area contributed by atoms with Crippen molar-refractivity contribution in [3.8, 4) is 11.5 Å². The Morgan fingerprint density at radius 2 is 2.08 bits per heavy atom. The summed E-state index contributed by atoms with van der Waals surface area (Å²) in [6, 6.07) is 7.98. The Kier molecular flexibility index (Phi) is 8.52. The van der Waals surface area contributed by atoms with Gasteiger partial charge in [-0.2, -0.15) is 5.10 Å². The van der Waals surface area contributed by atoms with Crippen LogP contribution >= 0.6 is 24.0 Å². The van der Waals surface area contributed by atoms with Gasteiger partial charge in [-0.25, -0.2) is 0 Å². The predicted molar refractivity (Wildman–Crippen MR) is 113 cm³/mol. The molecule has 1 aliphatic rings. The number of nitrogens with zero attached hydrogens (tertiary/aromatic N) is 3. The van der Waals surface area contributed by atoms with Crippen LogP contribution in [0, 0.1) is 0 Å². The van der Waals surface area contributed by atoms with E-state index in [2.05, 4.69) is 20.7 Å². The second-order valence-corrected chi connectivity index (χ2v) is 5.81. The van der Waals surface area contributed by atoms with E-state index in [1.54, 1.807) is 13.2 Å². The Bertz CT molecular complexity index is 691. The van der Waals surface area contributed by atoms with E-state index in [0.29, 0.717) is 19.8 Å². The lowest BCUT2D eigenvalue weighted by molar-refractivity contribution is 0.297. The number of aromatic nitrogens is 2. The fraction of sp³-hybridized carbons (Fsp3) is 0.444. The van der Waals surface area contributed by atoms with Gasteiger partial charge in [-0.05, 0) is 30.2 Å². The highest BCUT2D eigenvalue weighted by molar-refractivity contribution is 14.0. The van der Waals surface area contributed by atoms with Crippen molar-refractivity contribution in [1.29, 1.82) is 0 Å². The molecule has 0 spiro atoms. The highest BCUT2D eigenvalue weighted by Gasteiger charge is 2.10. The molecule has 0 saturated heterocycles. The number of hydrogen-bond donors (Lipinski definition) is 2. The van der Waals surface area contributed by atoms with Crippen LogP contribution in [0.4, 0.5) is 0 Å². The highest BCUT2D eigenvalue weighted by atomic mass is 127. The number of aliphatic imine (C=N–C) groups is 1. The van der Waals surface area contributed by atoms with Crippen LogP contribution in [-0.4, -0.2) is 42.5 Å². The molecule has 2 aromatic rings. The van der Waals surface area contributed by atoms with Gasteiger partial charge in [0.25, 0.3) is 0 Å². The van der Waals surface area contributed by atoms with Gasteiger partial charge < -0.3 is 20.1 Å². The van der Waals surface area contributed by atoms with Crippen molar-refractivity contribution in [2.24, 2.45) is 4.99 Å². The number of rotatable bonds is 6. The van der Waals surface area contributed by atoms with Gasteiger partial charge in [0.2, 0.25) is 0 Å². The molecule has 2 heterocycles. The molecular formula is C18H26IN5O2. The van der Waals surface area contributed by atoms with Crippen molar-refractivity contribution in [3.05, 3.63) is 42.2 Å². The molecule has 1 aromatic carbocycles. The van der Waals surface area contributed by atoms with Crippen LogP contribution in [0.2, 0.25) is 0 Å². The number of benzene rings is 1. The maximum Gasteiger partial charge on any atom is 0.191 e. The molecular weight excluding hydrogens is 445 g/mol. The van der Waals surface area contributed by atoms with Crippen molar-refractivity contribution >= 4 is 29.9 Å². The van der Waals surface area contributed by atoms with E-state index >= 15 is 0 Å². The van der Waals surface area contributed by atoms with E-state index in [1.165, 1.54) is 0 Å². The molecule has 0 amide bonds. The van der Waals surface area contributed by atoms with Gasteiger partial charge >= 0.3 is 0 Å². The highest BCUT2D eigenvalue weighted by Crippen LogP contribution is 2.30. The zero-order valence-electron chi connectivity index (χ0n) is 15.0. The number of guanidine groups is 1. The third-order valence-electron chi connectivity index (χ3n) is 3.91. The predicted octanol–water partition coefficient (Wildman–Crippen LogP) is 2.42. The molecule has 2 N–H and O–H groups in total. The smallest absolute Gasteiger partial charge is 0.191 e. The molecule has 1 aromatic heterocycles. The Morgan fingerprint density at radius 3 is 2.85 bits per heavy atom. The second-order valence-electron chi connectivity index (χ2n) is 5.81. The van der Waals surface area contributed by atoms with E-state index in [4.69, 9.17) is 9.47 Å². The van der Waals surface area contributed by atoms with E-state index in [-0.39, 0.29) is 24.0 Å². The minimum Gasteiger partial charge on any atom is -0.490 e. The maximum absolute atomic E-state index is 5.73. The minimum absolute atomic E-state index is 0. The summed E-state index contributed by atoms with van der Waals surface area (Å²) in [4.78, 5) is 4.26. The van der Waals surface area contributed by atoms with E-state index < -0.39 is 0 Å². The number of halogens is 1. The SMILES string of the molecule is CN=C(NCCCn1cccn1)NCc1ccc2c(c1)OCCCO2.I. The zero-order chi connectivity index (χ0) is 17.3. The molecule has 26 heavy (non-hydrogen) atoms. The summed E-state index contributed by atoms with van der Waals surface area (Å²) in [5.41, 5.74) is 1.13. The van der Waals surface area contributed by atoms with Crippen molar-refractivity contribution in [2.45, 2.75) is 25.9 Å². The number of fused-ring (bicyclic) bond motifs is 1. The first-order valence-electron chi connectivity index (χ1n) is 8.65. The van der Waals surface area contributed by atoms with Gasteiger partial charge in [0.05, 0.1) is 13.2 Å². The molecule has 0 bridgehead atoms. The summed E-state index contributed by atoms with van der Waals surface area (Å²) in [6.07, 6.45) is 5.66. The molecule has 0 saturated carbocycles. The molecule has 142 valence electrons. The first kappa shape index (κ1) is 20.3. The monoisotopic (exact) mass is 471 g/mol. The van der Waals surface area contributed by atoms with Gasteiger partial charge in [0.1, 0.15) is 0 Å². The van der Waals surface area contributed by atoms with E-state index in [0.717, 1.165) is 49.0 Å². The van der Waals surface area contributed by atoms with Crippen molar-refractivity contribution in [3.63, 3.8) is 0 Å². The second kappa shape index (κ2) is 10.9. The van der Waals surface area contributed by atoms with Gasteiger partial charge in [0, 0.05) is 45.5 Å². The molecule has 3 rings (SSSR count). The summed E-state index contributed by atoms with van der Waals surface area (Å²) in [5, 5.41) is 10.8. The quantitative estimate of drug-likeness (QED) is 0.293. The van der Waals surface area contributed by atoms with Gasteiger partial charge in [-0.1, -0.05) is 6.07 Å². The fourth-order valence-corrected chi connectivity index (χ4v) is 2.60. The number of hydrogen-bond acceptors (Lipinski definition) is 4. The zero-order valence-corrected chi connectivity index (χ0v) is 17.3. The molecule has 0 radical (unpaired) electrons. The molecule has 0 fully saturated rings. The molecule has 0 unspecified atom stereocenters. The van der Waals surface area contributed by atoms with Crippen molar-refractivity contribution in [2.75, 3.05) is 26.8 Å². The average molecular weight is 471 g/mol. The summed E-state index contributed by atoms with van der Waals surface area (Å²) in [5.74, 6) is 2.42. The Hall–Kier alpha value is -1.97. The standard InChI is InChI=1S/C18H25N5O2.HI/c1-19-18(20-7-2-9-23-10-3-8-22-23)21-14-15-5-6-16-17(13-15)25-12-4-11-24-16;/h3,5-6,8,10,13H,2,4,7,9,11-12,14H2,1H3,(H2,19,20,21);1H. The van der Waals surface area contributed by atoms with Crippen LogP contribution < -0.4 is 20.1 Å². The molecule has 0 aliphatic carbocycles. The van der Waals surface area contributed by atoms with Gasteiger partial charge in [-0.15, -0.1) is 24.0 Å². The normalized spacial score (nSPS) is 13.5. The number of ether oxygens (including phenoxy) is 2. The van der Waals surface area contributed by atoms with Crippen LogP contribution in [0.1, 0.15) is 18.4 Å². The lowest BCUT2D eigenvalue weighted by Crippen LogP contribution is -2.37. The molecule has 8 heteroatoms. The topological polar surface area (TPSA) is 72.7 Å². The van der Waals surface area contributed by atoms with Crippen LogP contribution in [0.3, 0.4) is 0 Å². The largest absolute Gasteiger partial charge is 0.490 e. The van der Waals surface area contributed by atoms with Gasteiger partial charge in [-0.3, -0.25) is 9.67 Å². The Labute approximate surface area is 171 Å². The summed E-state index contributed by atoms with van der Waals surface area (Å²) in [7, 11) is 1.77. The minimum atomic E-state index is 0. The van der Waals surface area contributed by atoms with E-state index in [1.807, 2.05) is 35.1 Å². The van der Waals surface area contributed by atoms with Crippen molar-refractivity contribution in [1.82, 2.24) is 20.4 Å². The molecule has 7 nitrogen and oxygen atoms in total. The Morgan fingerprint density at radius 1 is 1.23 bits per heavy atom. The lowest BCUT2D eigenvalue weighted by atomic mass is 10.2. The van der Waals surface area contributed by atoms with Gasteiger partial charge in [0.15, 0.2) is 17.5 Å². The van der Waals surface area contributed by atoms with Crippen LogP contribution in [0.25, 0.3) is 0 Å². The summed E-state index contributed by atoms with van der Waals surface area (Å²) in [6.45, 7) is 3.80. The first-order valence-corrected chi connectivity index (χ1v) is 8.65. The number of aryl methyl sites for hydroxylation is 1. The lowest BCUT2D eigenvalue weighted by Gasteiger charge is -2.13. The fourth-order valence-electron chi connectivity index (χ4n) is 2.60. The van der Waals surface area contributed by atoms with Crippen molar-refractivity contribution < 1.29 is 9.47 Å². The first-order chi connectivity index (χ1) is 12.3.